The van der Waals surface area contributed by atoms with E-state index in [1.165, 1.54) is 4.90 Å². The maximum Gasteiger partial charge on any atom is 0.311 e. The minimum Gasteiger partial charge on any atom is -0.481 e. The van der Waals surface area contributed by atoms with E-state index in [1.54, 1.807) is 6.07 Å². The van der Waals surface area contributed by atoms with E-state index in [2.05, 4.69) is 6.58 Å². The molecule has 19 heavy (non-hydrogen) atoms. The van der Waals surface area contributed by atoms with Crippen LogP contribution in [0.5, 0.6) is 0 Å². The van der Waals surface area contributed by atoms with E-state index >= 15 is 0 Å². The maximum absolute atomic E-state index is 12.3. The SMILES string of the molecule is C=C1c2ccccc2C(=O)N1CC1(C(=O)O)CCC1. The number of fused-ring (bicyclic) bond motifs is 1. The third kappa shape index (κ3) is 1.59. The van der Waals surface area contributed by atoms with Crippen molar-refractivity contribution < 1.29 is 14.7 Å². The molecule has 3 rings (SSSR count). The number of rotatable bonds is 3. The summed E-state index contributed by atoms with van der Waals surface area (Å²) in [6, 6.07) is 7.28. The van der Waals surface area contributed by atoms with Gasteiger partial charge in [-0.15, -0.1) is 0 Å². The third-order valence-electron chi connectivity index (χ3n) is 4.26. The fourth-order valence-electron chi connectivity index (χ4n) is 2.85. The van der Waals surface area contributed by atoms with Gasteiger partial charge in [0, 0.05) is 23.4 Å². The van der Waals surface area contributed by atoms with Crippen LogP contribution in [0.2, 0.25) is 0 Å². The van der Waals surface area contributed by atoms with Gasteiger partial charge in [-0.2, -0.15) is 0 Å². The van der Waals surface area contributed by atoms with Crippen LogP contribution in [0.1, 0.15) is 35.2 Å². The lowest BCUT2D eigenvalue weighted by Gasteiger charge is -2.40. The van der Waals surface area contributed by atoms with Crippen molar-refractivity contribution in [3.63, 3.8) is 0 Å². The van der Waals surface area contributed by atoms with Crippen LogP contribution >= 0.6 is 0 Å². The molecule has 1 fully saturated rings. The zero-order valence-electron chi connectivity index (χ0n) is 10.6. The molecule has 2 aliphatic rings. The highest BCUT2D eigenvalue weighted by Crippen LogP contribution is 2.44. The molecule has 0 aromatic heterocycles. The molecule has 0 atom stereocenters. The Morgan fingerprint density at radius 1 is 1.32 bits per heavy atom. The zero-order chi connectivity index (χ0) is 13.6. The van der Waals surface area contributed by atoms with Gasteiger partial charge in [-0.1, -0.05) is 31.2 Å². The molecule has 1 aliphatic carbocycles. The number of carboxylic acid groups (broad SMARTS) is 1. The molecule has 0 saturated heterocycles. The van der Waals surface area contributed by atoms with Crippen molar-refractivity contribution in [3.8, 4) is 0 Å². The first-order chi connectivity index (χ1) is 9.05. The number of carboxylic acids is 1. The molecule has 1 N–H and O–H groups in total. The van der Waals surface area contributed by atoms with E-state index < -0.39 is 11.4 Å². The monoisotopic (exact) mass is 257 g/mol. The van der Waals surface area contributed by atoms with Crippen LogP contribution in [0.15, 0.2) is 30.8 Å². The van der Waals surface area contributed by atoms with Crippen LogP contribution in [0.25, 0.3) is 5.70 Å². The standard InChI is InChI=1S/C15H15NO3/c1-10-11-5-2-3-6-12(11)13(17)16(10)9-15(14(18)19)7-4-8-15/h2-3,5-6H,1,4,7-9H2,(H,18,19). The van der Waals surface area contributed by atoms with Crippen LogP contribution in [0.3, 0.4) is 0 Å². The second-order valence-corrected chi connectivity index (χ2v) is 5.32. The van der Waals surface area contributed by atoms with Crippen molar-refractivity contribution in [2.75, 3.05) is 6.54 Å². The van der Waals surface area contributed by atoms with Crippen molar-refractivity contribution in [2.24, 2.45) is 5.41 Å². The van der Waals surface area contributed by atoms with E-state index in [0.29, 0.717) is 24.1 Å². The van der Waals surface area contributed by atoms with Crippen molar-refractivity contribution >= 4 is 17.6 Å². The molecule has 1 saturated carbocycles. The van der Waals surface area contributed by atoms with E-state index in [0.717, 1.165) is 12.0 Å². The van der Waals surface area contributed by atoms with Crippen molar-refractivity contribution in [2.45, 2.75) is 19.3 Å². The van der Waals surface area contributed by atoms with Crippen LogP contribution in [0.4, 0.5) is 0 Å². The molecular formula is C15H15NO3. The lowest BCUT2D eigenvalue weighted by molar-refractivity contribution is -0.155. The average Bonchev–Trinajstić information content (AvgIpc) is 2.58. The second kappa shape index (κ2) is 3.95. The summed E-state index contributed by atoms with van der Waals surface area (Å²) in [4.78, 5) is 25.3. The number of hydrogen-bond acceptors (Lipinski definition) is 2. The quantitative estimate of drug-likeness (QED) is 0.904. The number of benzene rings is 1. The highest BCUT2D eigenvalue weighted by Gasteiger charge is 2.48. The van der Waals surface area contributed by atoms with Gasteiger partial charge in [-0.3, -0.25) is 9.59 Å². The maximum atomic E-state index is 12.3. The summed E-state index contributed by atoms with van der Waals surface area (Å²) >= 11 is 0. The summed E-state index contributed by atoms with van der Waals surface area (Å²) in [5.41, 5.74) is 1.27. The Bertz CT molecular complexity index is 552. The molecular weight excluding hydrogens is 242 g/mol. The molecule has 0 spiro atoms. The topological polar surface area (TPSA) is 57.6 Å². The van der Waals surface area contributed by atoms with E-state index in [1.807, 2.05) is 18.2 Å². The molecule has 0 unspecified atom stereocenters. The molecule has 4 heteroatoms. The smallest absolute Gasteiger partial charge is 0.311 e. The number of hydrogen-bond donors (Lipinski definition) is 1. The number of amides is 1. The predicted molar refractivity (Wildman–Crippen MR) is 70.4 cm³/mol. The van der Waals surface area contributed by atoms with Crippen LogP contribution in [-0.2, 0) is 4.79 Å². The van der Waals surface area contributed by atoms with Crippen molar-refractivity contribution in [1.82, 2.24) is 4.90 Å². The Balaban J connectivity index is 1.91. The molecule has 98 valence electrons. The van der Waals surface area contributed by atoms with Gasteiger partial charge in [0.25, 0.3) is 5.91 Å². The van der Waals surface area contributed by atoms with Gasteiger partial charge in [0.2, 0.25) is 0 Å². The van der Waals surface area contributed by atoms with Gasteiger partial charge in [-0.25, -0.2) is 0 Å². The zero-order valence-corrected chi connectivity index (χ0v) is 10.6. The van der Waals surface area contributed by atoms with E-state index in [9.17, 15) is 14.7 Å². The number of carbonyl (C=O) groups is 2. The third-order valence-corrected chi connectivity index (χ3v) is 4.26. The van der Waals surface area contributed by atoms with Crippen LogP contribution in [-0.4, -0.2) is 28.4 Å². The molecule has 0 bridgehead atoms. The molecule has 1 aromatic carbocycles. The van der Waals surface area contributed by atoms with Crippen molar-refractivity contribution in [3.05, 3.63) is 42.0 Å². The van der Waals surface area contributed by atoms with Gasteiger partial charge in [0.15, 0.2) is 0 Å². The normalized spacial score (nSPS) is 20.1. The Kier molecular flexibility index (Phi) is 2.49. The lowest BCUT2D eigenvalue weighted by Crippen LogP contribution is -2.47. The number of nitrogens with zero attached hydrogens (tertiary/aromatic N) is 1. The van der Waals surface area contributed by atoms with E-state index in [-0.39, 0.29) is 12.5 Å². The lowest BCUT2D eigenvalue weighted by atomic mass is 9.68. The summed E-state index contributed by atoms with van der Waals surface area (Å²) in [5.74, 6) is -0.941. The first-order valence-electron chi connectivity index (χ1n) is 6.39. The summed E-state index contributed by atoms with van der Waals surface area (Å²) in [6.45, 7) is 4.17. The molecule has 4 nitrogen and oxygen atoms in total. The fraction of sp³-hybridized carbons (Fsp3) is 0.333. The summed E-state index contributed by atoms with van der Waals surface area (Å²) < 4.78 is 0. The highest BCUT2D eigenvalue weighted by molar-refractivity contribution is 6.09. The van der Waals surface area contributed by atoms with Crippen LogP contribution < -0.4 is 0 Å². The Morgan fingerprint density at radius 2 is 1.95 bits per heavy atom. The van der Waals surface area contributed by atoms with Gasteiger partial charge in [0.05, 0.1) is 5.41 Å². The van der Waals surface area contributed by atoms with Gasteiger partial charge >= 0.3 is 5.97 Å². The van der Waals surface area contributed by atoms with Crippen LogP contribution in [0, 0.1) is 5.41 Å². The molecule has 1 amide bonds. The van der Waals surface area contributed by atoms with Gasteiger partial charge in [0.1, 0.15) is 0 Å². The largest absolute Gasteiger partial charge is 0.481 e. The average molecular weight is 257 g/mol. The first kappa shape index (κ1) is 12.0. The summed E-state index contributed by atoms with van der Waals surface area (Å²) in [5, 5.41) is 9.37. The first-order valence-corrected chi connectivity index (χ1v) is 6.39. The second-order valence-electron chi connectivity index (χ2n) is 5.32. The molecule has 1 heterocycles. The Morgan fingerprint density at radius 3 is 2.42 bits per heavy atom. The summed E-state index contributed by atoms with van der Waals surface area (Å²) in [7, 11) is 0. The van der Waals surface area contributed by atoms with Crippen molar-refractivity contribution in [1.29, 1.82) is 0 Å². The Hall–Kier alpha value is -2.10. The minimum atomic E-state index is -0.810. The number of aliphatic carboxylic acids is 1. The highest BCUT2D eigenvalue weighted by atomic mass is 16.4. The Labute approximate surface area is 111 Å². The van der Waals surface area contributed by atoms with Gasteiger partial charge < -0.3 is 10.0 Å². The fourth-order valence-corrected chi connectivity index (χ4v) is 2.85. The molecule has 1 aliphatic heterocycles. The summed E-state index contributed by atoms with van der Waals surface area (Å²) in [6.07, 6.45) is 2.18. The van der Waals surface area contributed by atoms with Gasteiger partial charge in [-0.05, 0) is 18.9 Å². The molecule has 0 radical (unpaired) electrons. The predicted octanol–water partition coefficient (Wildman–Crippen LogP) is 2.37. The molecule has 1 aromatic rings. The number of carbonyl (C=O) groups excluding carboxylic acids is 1. The minimum absolute atomic E-state index is 0.131. The van der Waals surface area contributed by atoms with E-state index in [4.69, 9.17) is 0 Å².